The Hall–Kier alpha value is -1.64. The summed E-state index contributed by atoms with van der Waals surface area (Å²) in [5.74, 6) is 0. The number of hydrogen-bond donors (Lipinski definition) is 0. The van der Waals surface area contributed by atoms with Crippen molar-refractivity contribution in [2.45, 2.75) is 30.0 Å². The number of halogens is 4. The largest absolute Gasteiger partial charge is 0.417 e. The van der Waals surface area contributed by atoms with Crippen LogP contribution in [0.3, 0.4) is 0 Å². The second-order valence-corrected chi connectivity index (χ2v) is 8.00. The number of sulfonamides is 1. The molecule has 1 aromatic heterocycles. The number of aromatic nitrogens is 1. The summed E-state index contributed by atoms with van der Waals surface area (Å²) in [6.07, 6.45) is -0.368. The zero-order valence-electron chi connectivity index (χ0n) is 12.9. The number of benzene rings is 1. The van der Waals surface area contributed by atoms with Gasteiger partial charge in [-0.1, -0.05) is 17.7 Å². The van der Waals surface area contributed by atoms with Gasteiger partial charge in [-0.15, -0.1) is 0 Å². The monoisotopic (exact) mass is 390 g/mol. The van der Waals surface area contributed by atoms with Crippen LogP contribution >= 0.6 is 11.6 Å². The molecule has 1 atom stereocenters. The van der Waals surface area contributed by atoms with Gasteiger partial charge in [0.05, 0.1) is 21.5 Å². The Morgan fingerprint density at radius 1 is 1.24 bits per heavy atom. The Labute approximate surface area is 148 Å². The maximum atomic E-state index is 13.0. The van der Waals surface area contributed by atoms with Crippen LogP contribution in [0.25, 0.3) is 0 Å². The molecule has 2 aromatic rings. The summed E-state index contributed by atoms with van der Waals surface area (Å²) >= 11 is 5.58. The second kappa shape index (κ2) is 6.59. The van der Waals surface area contributed by atoms with E-state index in [9.17, 15) is 21.6 Å². The van der Waals surface area contributed by atoms with E-state index in [1.54, 1.807) is 24.5 Å². The van der Waals surface area contributed by atoms with E-state index in [2.05, 4.69) is 4.98 Å². The zero-order valence-corrected chi connectivity index (χ0v) is 14.4. The summed E-state index contributed by atoms with van der Waals surface area (Å²) in [6, 6.07) is 5.68. The first-order chi connectivity index (χ1) is 11.7. The lowest BCUT2D eigenvalue weighted by molar-refractivity contribution is -0.137. The van der Waals surface area contributed by atoms with Crippen molar-refractivity contribution in [2.24, 2.45) is 0 Å². The summed E-state index contributed by atoms with van der Waals surface area (Å²) in [5, 5.41) is -0.531. The molecule has 9 heteroatoms. The molecule has 25 heavy (non-hydrogen) atoms. The van der Waals surface area contributed by atoms with Gasteiger partial charge in [-0.3, -0.25) is 4.98 Å². The van der Waals surface area contributed by atoms with E-state index in [4.69, 9.17) is 11.6 Å². The van der Waals surface area contributed by atoms with Crippen LogP contribution in [0.15, 0.2) is 47.6 Å². The number of alkyl halides is 3. The van der Waals surface area contributed by atoms with Crippen molar-refractivity contribution < 1.29 is 21.6 Å². The minimum absolute atomic E-state index is 0.242. The number of hydrogen-bond acceptors (Lipinski definition) is 3. The fourth-order valence-electron chi connectivity index (χ4n) is 2.95. The first kappa shape index (κ1) is 18.2. The van der Waals surface area contributed by atoms with Crippen molar-refractivity contribution in [3.63, 3.8) is 0 Å². The molecule has 0 saturated carbocycles. The fraction of sp³-hybridized carbons (Fsp3) is 0.312. The number of rotatable bonds is 3. The van der Waals surface area contributed by atoms with Crippen LogP contribution in [-0.4, -0.2) is 24.3 Å². The van der Waals surface area contributed by atoms with Gasteiger partial charge in [0.1, 0.15) is 0 Å². The number of nitrogens with zero attached hydrogens (tertiary/aromatic N) is 2. The maximum Gasteiger partial charge on any atom is 0.417 e. The Morgan fingerprint density at radius 3 is 2.64 bits per heavy atom. The van der Waals surface area contributed by atoms with Crippen molar-refractivity contribution in [2.75, 3.05) is 6.54 Å². The summed E-state index contributed by atoms with van der Waals surface area (Å²) in [5.41, 5.74) is -0.444. The molecule has 0 bridgehead atoms. The molecule has 0 spiro atoms. The molecule has 1 aromatic carbocycles. The Bertz CT molecular complexity index is 873. The van der Waals surface area contributed by atoms with Crippen LogP contribution in [0.1, 0.15) is 30.0 Å². The summed E-state index contributed by atoms with van der Waals surface area (Å²) < 4.78 is 66.1. The lowest BCUT2D eigenvalue weighted by Gasteiger charge is -2.24. The summed E-state index contributed by atoms with van der Waals surface area (Å²) in [6.45, 7) is 0.242. The van der Waals surface area contributed by atoms with Crippen LogP contribution < -0.4 is 0 Å². The van der Waals surface area contributed by atoms with E-state index in [1.165, 1.54) is 4.31 Å². The Morgan fingerprint density at radius 2 is 2.00 bits per heavy atom. The highest BCUT2D eigenvalue weighted by Gasteiger charge is 2.39. The lowest BCUT2D eigenvalue weighted by Crippen LogP contribution is -2.31. The standard InChI is InChI=1S/C16H14ClF3N2O2S/c17-14-6-5-12(9-13(14)16(18,19)20)25(23,24)22-8-2-4-15(22)11-3-1-7-21-10-11/h1,3,5-7,9-10,15H,2,4,8H2/t15-/m0/s1. The van der Waals surface area contributed by atoms with E-state index in [0.29, 0.717) is 24.5 Å². The van der Waals surface area contributed by atoms with E-state index >= 15 is 0 Å². The topological polar surface area (TPSA) is 50.3 Å². The van der Waals surface area contributed by atoms with Crippen LogP contribution in [0, 0.1) is 0 Å². The van der Waals surface area contributed by atoms with E-state index in [1.807, 2.05) is 0 Å². The smallest absolute Gasteiger partial charge is 0.264 e. The third-order valence-electron chi connectivity index (χ3n) is 4.12. The first-order valence-corrected chi connectivity index (χ1v) is 9.31. The molecule has 0 radical (unpaired) electrons. The normalized spacial score (nSPS) is 19.3. The third-order valence-corrected chi connectivity index (χ3v) is 6.36. The highest BCUT2D eigenvalue weighted by Crippen LogP contribution is 2.39. The molecule has 0 unspecified atom stereocenters. The zero-order chi connectivity index (χ0) is 18.2. The second-order valence-electron chi connectivity index (χ2n) is 5.70. The average molecular weight is 391 g/mol. The molecular weight excluding hydrogens is 377 g/mol. The Balaban J connectivity index is 2.02. The van der Waals surface area contributed by atoms with Gasteiger partial charge < -0.3 is 0 Å². The van der Waals surface area contributed by atoms with Gasteiger partial charge in [-0.2, -0.15) is 17.5 Å². The molecule has 1 fully saturated rings. The SMILES string of the molecule is O=S(=O)(c1ccc(Cl)c(C(F)(F)F)c1)N1CCC[C@H]1c1cccnc1. The minimum Gasteiger partial charge on any atom is -0.264 e. The van der Waals surface area contributed by atoms with E-state index in [-0.39, 0.29) is 6.54 Å². The predicted molar refractivity (Wildman–Crippen MR) is 86.6 cm³/mol. The quantitative estimate of drug-likeness (QED) is 0.786. The molecule has 134 valence electrons. The highest BCUT2D eigenvalue weighted by molar-refractivity contribution is 7.89. The molecule has 1 aliphatic heterocycles. The van der Waals surface area contributed by atoms with E-state index < -0.39 is 37.7 Å². The number of pyridine rings is 1. The van der Waals surface area contributed by atoms with Crippen molar-refractivity contribution in [1.82, 2.24) is 9.29 Å². The molecule has 1 saturated heterocycles. The molecule has 2 heterocycles. The lowest BCUT2D eigenvalue weighted by atomic mass is 10.1. The molecular formula is C16H14ClF3N2O2S. The van der Waals surface area contributed by atoms with Gasteiger partial charge in [0.2, 0.25) is 10.0 Å². The molecule has 0 N–H and O–H groups in total. The third kappa shape index (κ3) is 3.51. The molecule has 3 rings (SSSR count). The maximum absolute atomic E-state index is 13.0. The van der Waals surface area contributed by atoms with Gasteiger partial charge in [-0.25, -0.2) is 8.42 Å². The molecule has 4 nitrogen and oxygen atoms in total. The summed E-state index contributed by atoms with van der Waals surface area (Å²) in [7, 11) is -4.09. The van der Waals surface area contributed by atoms with Crippen molar-refractivity contribution in [1.29, 1.82) is 0 Å². The average Bonchev–Trinajstić information content (AvgIpc) is 3.05. The van der Waals surface area contributed by atoms with Crippen LogP contribution in [0.4, 0.5) is 13.2 Å². The van der Waals surface area contributed by atoms with Crippen molar-refractivity contribution in [3.8, 4) is 0 Å². The molecule has 1 aliphatic rings. The predicted octanol–water partition coefficient (Wildman–Crippen LogP) is 4.28. The first-order valence-electron chi connectivity index (χ1n) is 7.50. The molecule has 0 aliphatic carbocycles. The molecule has 0 amide bonds. The van der Waals surface area contributed by atoms with Gasteiger partial charge >= 0.3 is 6.18 Å². The van der Waals surface area contributed by atoms with Crippen LogP contribution in [0.2, 0.25) is 5.02 Å². The highest BCUT2D eigenvalue weighted by atomic mass is 35.5. The van der Waals surface area contributed by atoms with Gasteiger partial charge in [0.25, 0.3) is 0 Å². The van der Waals surface area contributed by atoms with Gasteiger partial charge in [0.15, 0.2) is 0 Å². The van der Waals surface area contributed by atoms with Crippen molar-refractivity contribution >= 4 is 21.6 Å². The van der Waals surface area contributed by atoms with Gasteiger partial charge in [0, 0.05) is 18.9 Å². The van der Waals surface area contributed by atoms with E-state index in [0.717, 1.165) is 12.1 Å². The summed E-state index contributed by atoms with van der Waals surface area (Å²) in [4.78, 5) is 3.57. The fourth-order valence-corrected chi connectivity index (χ4v) is 4.89. The minimum atomic E-state index is -4.73. The van der Waals surface area contributed by atoms with Gasteiger partial charge in [-0.05, 0) is 42.7 Å². The van der Waals surface area contributed by atoms with Crippen LogP contribution in [0.5, 0.6) is 0 Å². The van der Waals surface area contributed by atoms with Crippen molar-refractivity contribution in [3.05, 3.63) is 58.9 Å². The van der Waals surface area contributed by atoms with Crippen LogP contribution in [-0.2, 0) is 16.2 Å². The Kier molecular flexibility index (Phi) is 4.78.